The third-order valence-corrected chi connectivity index (χ3v) is 8.09. The SMILES string of the molecule is CCNC(=NCC1(Sc2ccccc2)CC1)NCCN1CCN(C(=O)C2CCC2)CC1. The standard InChI is InChI=1S/C24H37N5OS/c1-2-25-23(27-19-24(11-12-24)31-21-9-4-3-5-10-21)26-13-14-28-15-17-29(18-16-28)22(30)20-7-6-8-20/h3-5,9-10,20H,2,6-8,11-19H2,1H3,(H2,25,26,27). The lowest BCUT2D eigenvalue weighted by Crippen LogP contribution is -2.52. The van der Waals surface area contributed by atoms with Gasteiger partial charge in [0.25, 0.3) is 0 Å². The minimum absolute atomic E-state index is 0.271. The number of aliphatic imine (C=N–C) groups is 1. The van der Waals surface area contributed by atoms with E-state index in [4.69, 9.17) is 4.99 Å². The molecule has 6 nitrogen and oxygen atoms in total. The zero-order chi connectivity index (χ0) is 21.5. The van der Waals surface area contributed by atoms with Gasteiger partial charge >= 0.3 is 0 Å². The summed E-state index contributed by atoms with van der Waals surface area (Å²) in [6, 6.07) is 10.7. The van der Waals surface area contributed by atoms with Crippen molar-refractivity contribution in [3.8, 4) is 0 Å². The maximum Gasteiger partial charge on any atom is 0.225 e. The van der Waals surface area contributed by atoms with Crippen LogP contribution in [0.25, 0.3) is 0 Å². The van der Waals surface area contributed by atoms with Crippen LogP contribution in [-0.4, -0.2) is 78.8 Å². The molecule has 1 saturated heterocycles. The second kappa shape index (κ2) is 10.7. The molecule has 0 unspecified atom stereocenters. The normalized spacial score (nSPS) is 21.5. The number of carbonyl (C=O) groups excluding carboxylic acids is 1. The number of hydrogen-bond acceptors (Lipinski definition) is 4. The van der Waals surface area contributed by atoms with E-state index < -0.39 is 0 Å². The van der Waals surface area contributed by atoms with E-state index in [2.05, 4.69) is 57.7 Å². The topological polar surface area (TPSA) is 60.0 Å². The molecule has 170 valence electrons. The first kappa shape index (κ1) is 22.5. The van der Waals surface area contributed by atoms with E-state index >= 15 is 0 Å². The summed E-state index contributed by atoms with van der Waals surface area (Å²) in [7, 11) is 0. The molecule has 3 fully saturated rings. The lowest BCUT2D eigenvalue weighted by Gasteiger charge is -2.38. The van der Waals surface area contributed by atoms with Crippen LogP contribution in [-0.2, 0) is 4.79 Å². The number of guanidine groups is 1. The van der Waals surface area contributed by atoms with Crippen molar-refractivity contribution < 1.29 is 4.79 Å². The van der Waals surface area contributed by atoms with Crippen molar-refractivity contribution in [3.05, 3.63) is 30.3 Å². The lowest BCUT2D eigenvalue weighted by molar-refractivity contribution is -0.139. The van der Waals surface area contributed by atoms with Crippen LogP contribution < -0.4 is 10.6 Å². The third-order valence-electron chi connectivity index (χ3n) is 6.61. The minimum atomic E-state index is 0.271. The van der Waals surface area contributed by atoms with Crippen LogP contribution in [0, 0.1) is 5.92 Å². The second-order valence-electron chi connectivity index (χ2n) is 9.01. The Morgan fingerprint density at radius 1 is 1.13 bits per heavy atom. The molecule has 2 aliphatic carbocycles. The molecule has 2 N–H and O–H groups in total. The number of piperazine rings is 1. The molecule has 1 amide bonds. The van der Waals surface area contributed by atoms with Gasteiger partial charge in [0.05, 0.1) is 6.54 Å². The lowest BCUT2D eigenvalue weighted by atomic mass is 9.84. The van der Waals surface area contributed by atoms with Gasteiger partial charge in [0.2, 0.25) is 5.91 Å². The predicted molar refractivity (Wildman–Crippen MR) is 129 cm³/mol. The molecular weight excluding hydrogens is 406 g/mol. The Morgan fingerprint density at radius 3 is 2.48 bits per heavy atom. The molecule has 1 aromatic carbocycles. The van der Waals surface area contributed by atoms with E-state index in [0.717, 1.165) is 71.2 Å². The van der Waals surface area contributed by atoms with Gasteiger partial charge in [0.15, 0.2) is 5.96 Å². The molecule has 4 rings (SSSR count). The summed E-state index contributed by atoms with van der Waals surface area (Å²) in [5.74, 6) is 1.64. The van der Waals surface area contributed by atoms with E-state index in [1.165, 1.54) is 24.2 Å². The van der Waals surface area contributed by atoms with Crippen molar-refractivity contribution in [1.29, 1.82) is 0 Å². The highest BCUT2D eigenvalue weighted by Crippen LogP contribution is 2.51. The van der Waals surface area contributed by atoms with Crippen molar-refractivity contribution in [2.75, 3.05) is 52.4 Å². The highest BCUT2D eigenvalue weighted by atomic mass is 32.2. The Morgan fingerprint density at radius 2 is 1.87 bits per heavy atom. The van der Waals surface area contributed by atoms with Gasteiger partial charge in [-0.05, 0) is 44.7 Å². The predicted octanol–water partition coefficient (Wildman–Crippen LogP) is 2.81. The van der Waals surface area contributed by atoms with E-state index in [1.54, 1.807) is 0 Å². The molecule has 7 heteroatoms. The average Bonchev–Trinajstić information content (AvgIpc) is 3.51. The van der Waals surface area contributed by atoms with E-state index in [-0.39, 0.29) is 4.75 Å². The number of rotatable bonds is 9. The Balaban J connectivity index is 1.18. The second-order valence-corrected chi connectivity index (χ2v) is 10.6. The molecule has 3 aliphatic rings. The van der Waals surface area contributed by atoms with Gasteiger partial charge in [-0.1, -0.05) is 24.6 Å². The summed E-state index contributed by atoms with van der Waals surface area (Å²) in [6.07, 6.45) is 5.89. The zero-order valence-corrected chi connectivity index (χ0v) is 19.6. The molecule has 1 heterocycles. The number of benzene rings is 1. The van der Waals surface area contributed by atoms with Crippen LogP contribution in [0.4, 0.5) is 0 Å². The molecule has 1 aliphatic heterocycles. The molecule has 0 bridgehead atoms. The first-order chi connectivity index (χ1) is 15.2. The van der Waals surface area contributed by atoms with Crippen molar-refractivity contribution in [1.82, 2.24) is 20.4 Å². The highest BCUT2D eigenvalue weighted by Gasteiger charge is 2.43. The summed E-state index contributed by atoms with van der Waals surface area (Å²) >= 11 is 1.97. The largest absolute Gasteiger partial charge is 0.357 e. The Labute approximate surface area is 191 Å². The van der Waals surface area contributed by atoms with Gasteiger partial charge in [-0.3, -0.25) is 14.7 Å². The van der Waals surface area contributed by atoms with E-state index in [1.807, 2.05) is 11.8 Å². The molecule has 0 aromatic heterocycles. The quantitative estimate of drug-likeness (QED) is 0.454. The molecule has 2 saturated carbocycles. The number of amides is 1. The van der Waals surface area contributed by atoms with Gasteiger partial charge in [0.1, 0.15) is 0 Å². The van der Waals surface area contributed by atoms with Gasteiger partial charge < -0.3 is 15.5 Å². The Bertz CT molecular complexity index is 740. The molecule has 0 radical (unpaired) electrons. The van der Waals surface area contributed by atoms with Crippen LogP contribution in [0.5, 0.6) is 0 Å². The summed E-state index contributed by atoms with van der Waals surface area (Å²) in [4.78, 5) is 23.2. The first-order valence-electron chi connectivity index (χ1n) is 11.9. The fourth-order valence-electron chi connectivity index (χ4n) is 4.17. The molecule has 1 aromatic rings. The van der Waals surface area contributed by atoms with E-state index in [9.17, 15) is 4.79 Å². The molecule has 0 spiro atoms. The van der Waals surface area contributed by atoms with Crippen molar-refractivity contribution in [2.45, 2.75) is 48.7 Å². The van der Waals surface area contributed by atoms with Crippen molar-refractivity contribution >= 4 is 23.6 Å². The van der Waals surface area contributed by atoms with Gasteiger partial charge in [-0.25, -0.2) is 0 Å². The number of nitrogens with zero attached hydrogens (tertiary/aromatic N) is 3. The monoisotopic (exact) mass is 443 g/mol. The number of thioether (sulfide) groups is 1. The van der Waals surface area contributed by atoms with Crippen molar-refractivity contribution in [2.24, 2.45) is 10.9 Å². The Hall–Kier alpha value is -1.73. The third kappa shape index (κ3) is 6.39. The van der Waals surface area contributed by atoms with Crippen molar-refractivity contribution in [3.63, 3.8) is 0 Å². The number of nitrogens with one attached hydrogen (secondary N) is 2. The van der Waals surface area contributed by atoms with Gasteiger partial charge in [0, 0.05) is 61.4 Å². The fourth-order valence-corrected chi connectivity index (χ4v) is 5.40. The highest BCUT2D eigenvalue weighted by molar-refractivity contribution is 8.01. The molecular formula is C24H37N5OS. The minimum Gasteiger partial charge on any atom is -0.357 e. The zero-order valence-electron chi connectivity index (χ0n) is 18.8. The van der Waals surface area contributed by atoms with Crippen LogP contribution in [0.1, 0.15) is 39.0 Å². The summed E-state index contributed by atoms with van der Waals surface area (Å²) in [5, 5.41) is 6.90. The fraction of sp³-hybridized carbons (Fsp3) is 0.667. The van der Waals surface area contributed by atoms with Crippen LogP contribution in [0.15, 0.2) is 40.2 Å². The Kier molecular flexibility index (Phi) is 7.77. The van der Waals surface area contributed by atoms with Gasteiger partial charge in [-0.2, -0.15) is 0 Å². The van der Waals surface area contributed by atoms with Crippen LogP contribution >= 0.6 is 11.8 Å². The molecule has 31 heavy (non-hydrogen) atoms. The summed E-state index contributed by atoms with van der Waals surface area (Å²) in [5.41, 5.74) is 0. The smallest absolute Gasteiger partial charge is 0.225 e. The maximum absolute atomic E-state index is 12.4. The van der Waals surface area contributed by atoms with E-state index in [0.29, 0.717) is 11.8 Å². The van der Waals surface area contributed by atoms with Crippen LogP contribution in [0.3, 0.4) is 0 Å². The van der Waals surface area contributed by atoms with Gasteiger partial charge in [-0.15, -0.1) is 11.8 Å². The number of carbonyl (C=O) groups is 1. The molecule has 0 atom stereocenters. The maximum atomic E-state index is 12.4. The summed E-state index contributed by atoms with van der Waals surface area (Å²) < 4.78 is 0.271. The number of hydrogen-bond donors (Lipinski definition) is 2. The van der Waals surface area contributed by atoms with Crippen LogP contribution in [0.2, 0.25) is 0 Å². The average molecular weight is 444 g/mol. The first-order valence-corrected chi connectivity index (χ1v) is 12.8. The summed E-state index contributed by atoms with van der Waals surface area (Å²) in [6.45, 7) is 9.40.